The molecule has 1 atom stereocenters. The topological polar surface area (TPSA) is 28.2 Å². The monoisotopic (exact) mass is 243 g/mol. The molecule has 0 saturated heterocycles. The number of rotatable bonds is 5. The molecule has 0 radical (unpaired) electrons. The number of unbranched alkanes of at least 4 members (excludes halogenated alkanes) is 1. The van der Waals surface area contributed by atoms with Gasteiger partial charge in [0.2, 0.25) is 0 Å². The molecule has 0 saturated carbocycles. The molecule has 0 aliphatic carbocycles. The summed E-state index contributed by atoms with van der Waals surface area (Å²) in [6.07, 6.45) is 10.8. The van der Waals surface area contributed by atoms with Gasteiger partial charge in [-0.1, -0.05) is 19.4 Å². The Labute approximate surface area is 109 Å². The van der Waals surface area contributed by atoms with Crippen LogP contribution in [0.1, 0.15) is 25.5 Å². The molecule has 0 aromatic carbocycles. The van der Waals surface area contributed by atoms with Gasteiger partial charge >= 0.3 is 0 Å². The van der Waals surface area contributed by atoms with E-state index in [1.54, 1.807) is 0 Å². The van der Waals surface area contributed by atoms with E-state index in [2.05, 4.69) is 47.5 Å². The van der Waals surface area contributed by atoms with Gasteiger partial charge in [0, 0.05) is 25.5 Å². The standard InChI is InChI=1S/C15H21N3/c1-3-4-9-16-13-8-11-18(2)15(12-13)14-7-5-6-10-17-14/h5-8,10-13,16H,3-4,9H2,1-2H3. The van der Waals surface area contributed by atoms with Crippen LogP contribution in [0.2, 0.25) is 0 Å². The minimum atomic E-state index is 0.310. The van der Waals surface area contributed by atoms with Crippen LogP contribution in [0.3, 0.4) is 0 Å². The molecular formula is C15H21N3. The second-order valence-electron chi connectivity index (χ2n) is 4.55. The third-order valence-electron chi connectivity index (χ3n) is 3.07. The summed E-state index contributed by atoms with van der Waals surface area (Å²) in [5.74, 6) is 0. The van der Waals surface area contributed by atoms with Crippen LogP contribution in [0.5, 0.6) is 0 Å². The fraction of sp³-hybridized carbons (Fsp3) is 0.400. The van der Waals surface area contributed by atoms with E-state index in [4.69, 9.17) is 0 Å². The molecule has 1 unspecified atom stereocenters. The molecule has 3 nitrogen and oxygen atoms in total. The van der Waals surface area contributed by atoms with Gasteiger partial charge in [0.25, 0.3) is 0 Å². The molecule has 1 aromatic heterocycles. The van der Waals surface area contributed by atoms with Crippen molar-refractivity contribution in [3.63, 3.8) is 0 Å². The molecule has 1 aliphatic heterocycles. The molecule has 0 bridgehead atoms. The summed E-state index contributed by atoms with van der Waals surface area (Å²) in [5.41, 5.74) is 2.18. The second-order valence-corrected chi connectivity index (χ2v) is 4.55. The first-order valence-corrected chi connectivity index (χ1v) is 6.59. The van der Waals surface area contributed by atoms with Gasteiger partial charge in [-0.15, -0.1) is 0 Å². The van der Waals surface area contributed by atoms with E-state index in [-0.39, 0.29) is 0 Å². The molecule has 0 fully saturated rings. The first-order chi connectivity index (χ1) is 8.81. The number of nitrogens with zero attached hydrogens (tertiary/aromatic N) is 2. The Morgan fingerprint density at radius 2 is 2.28 bits per heavy atom. The van der Waals surface area contributed by atoms with Crippen molar-refractivity contribution in [3.8, 4) is 0 Å². The Kier molecular flexibility index (Phi) is 4.53. The van der Waals surface area contributed by atoms with Gasteiger partial charge in [-0.3, -0.25) is 4.98 Å². The fourth-order valence-electron chi connectivity index (χ4n) is 2.00. The van der Waals surface area contributed by atoms with Crippen molar-refractivity contribution < 1.29 is 0 Å². The highest BCUT2D eigenvalue weighted by Gasteiger charge is 2.13. The van der Waals surface area contributed by atoms with Crippen LogP contribution >= 0.6 is 0 Å². The zero-order chi connectivity index (χ0) is 12.8. The van der Waals surface area contributed by atoms with Crippen LogP contribution in [0.15, 0.2) is 42.7 Å². The Morgan fingerprint density at radius 3 is 3.00 bits per heavy atom. The molecule has 1 aromatic rings. The molecule has 2 rings (SSSR count). The first-order valence-electron chi connectivity index (χ1n) is 6.59. The SMILES string of the molecule is CCCCNC1C=CN(C)C(c2ccccn2)=C1. The van der Waals surface area contributed by atoms with Crippen LogP contribution in [-0.2, 0) is 0 Å². The molecule has 96 valence electrons. The largest absolute Gasteiger partial charge is 0.350 e. The third-order valence-corrected chi connectivity index (χ3v) is 3.07. The first kappa shape index (κ1) is 12.8. The lowest BCUT2D eigenvalue weighted by molar-refractivity contribution is 0.583. The smallest absolute Gasteiger partial charge is 0.0863 e. The summed E-state index contributed by atoms with van der Waals surface area (Å²) in [7, 11) is 2.05. The minimum absolute atomic E-state index is 0.310. The Hall–Kier alpha value is -1.61. The number of aromatic nitrogens is 1. The normalized spacial score (nSPS) is 18.9. The Balaban J connectivity index is 2.08. The average molecular weight is 243 g/mol. The lowest BCUT2D eigenvalue weighted by Gasteiger charge is -2.25. The zero-order valence-corrected chi connectivity index (χ0v) is 11.1. The predicted octanol–water partition coefficient (Wildman–Crippen LogP) is 2.64. The van der Waals surface area contributed by atoms with Gasteiger partial charge < -0.3 is 10.2 Å². The van der Waals surface area contributed by atoms with E-state index < -0.39 is 0 Å². The maximum absolute atomic E-state index is 4.41. The Morgan fingerprint density at radius 1 is 1.39 bits per heavy atom. The van der Waals surface area contributed by atoms with Crippen molar-refractivity contribution in [2.75, 3.05) is 13.6 Å². The van der Waals surface area contributed by atoms with Crippen molar-refractivity contribution >= 4 is 5.70 Å². The summed E-state index contributed by atoms with van der Waals surface area (Å²) in [6, 6.07) is 6.32. The molecular weight excluding hydrogens is 222 g/mol. The van der Waals surface area contributed by atoms with E-state index in [1.807, 2.05) is 24.4 Å². The quantitative estimate of drug-likeness (QED) is 0.806. The summed E-state index contributed by atoms with van der Waals surface area (Å²) in [6.45, 7) is 3.27. The van der Waals surface area contributed by atoms with E-state index in [0.717, 1.165) is 17.9 Å². The molecule has 18 heavy (non-hydrogen) atoms. The highest BCUT2D eigenvalue weighted by molar-refractivity contribution is 5.64. The van der Waals surface area contributed by atoms with Crippen LogP contribution in [-0.4, -0.2) is 29.5 Å². The molecule has 0 spiro atoms. The van der Waals surface area contributed by atoms with E-state index in [9.17, 15) is 0 Å². The molecule has 1 N–H and O–H groups in total. The summed E-state index contributed by atoms with van der Waals surface area (Å²) in [4.78, 5) is 6.52. The number of hydrogen-bond acceptors (Lipinski definition) is 3. The van der Waals surface area contributed by atoms with Gasteiger partial charge in [0.05, 0.1) is 11.4 Å². The maximum atomic E-state index is 4.41. The van der Waals surface area contributed by atoms with E-state index in [0.29, 0.717) is 6.04 Å². The lowest BCUT2D eigenvalue weighted by atomic mass is 10.1. The highest BCUT2D eigenvalue weighted by atomic mass is 15.1. The van der Waals surface area contributed by atoms with Crippen LogP contribution in [0, 0.1) is 0 Å². The number of nitrogens with one attached hydrogen (secondary N) is 1. The molecule has 1 aliphatic rings. The third kappa shape index (κ3) is 3.20. The average Bonchev–Trinajstić information content (AvgIpc) is 2.42. The van der Waals surface area contributed by atoms with Gasteiger partial charge in [0.1, 0.15) is 0 Å². The van der Waals surface area contributed by atoms with Crippen molar-refractivity contribution in [2.45, 2.75) is 25.8 Å². The predicted molar refractivity (Wildman–Crippen MR) is 75.8 cm³/mol. The molecule has 3 heteroatoms. The second kappa shape index (κ2) is 6.36. The maximum Gasteiger partial charge on any atom is 0.0863 e. The number of hydrogen-bond donors (Lipinski definition) is 1. The lowest BCUT2D eigenvalue weighted by Crippen LogP contribution is -2.30. The van der Waals surface area contributed by atoms with Gasteiger partial charge in [-0.2, -0.15) is 0 Å². The minimum Gasteiger partial charge on any atom is -0.350 e. The summed E-state index contributed by atoms with van der Waals surface area (Å²) < 4.78 is 0. The summed E-state index contributed by atoms with van der Waals surface area (Å²) >= 11 is 0. The molecule has 2 heterocycles. The zero-order valence-electron chi connectivity index (χ0n) is 11.1. The van der Waals surface area contributed by atoms with E-state index in [1.165, 1.54) is 12.8 Å². The molecule has 0 amide bonds. The van der Waals surface area contributed by atoms with Crippen molar-refractivity contribution in [3.05, 3.63) is 48.4 Å². The summed E-state index contributed by atoms with van der Waals surface area (Å²) in [5, 5.41) is 3.53. The van der Waals surface area contributed by atoms with Crippen molar-refractivity contribution in [1.82, 2.24) is 15.2 Å². The fourth-order valence-corrected chi connectivity index (χ4v) is 2.00. The van der Waals surface area contributed by atoms with Crippen molar-refractivity contribution in [2.24, 2.45) is 0 Å². The van der Waals surface area contributed by atoms with Crippen LogP contribution < -0.4 is 5.32 Å². The van der Waals surface area contributed by atoms with Crippen LogP contribution in [0.4, 0.5) is 0 Å². The van der Waals surface area contributed by atoms with Gasteiger partial charge in [-0.25, -0.2) is 0 Å². The highest BCUT2D eigenvalue weighted by Crippen LogP contribution is 2.20. The number of pyridine rings is 1. The van der Waals surface area contributed by atoms with Crippen LogP contribution in [0.25, 0.3) is 5.70 Å². The van der Waals surface area contributed by atoms with Crippen molar-refractivity contribution in [1.29, 1.82) is 0 Å². The Bertz CT molecular complexity index is 423. The van der Waals surface area contributed by atoms with Gasteiger partial charge in [0.15, 0.2) is 0 Å². The van der Waals surface area contributed by atoms with E-state index >= 15 is 0 Å². The van der Waals surface area contributed by atoms with Gasteiger partial charge in [-0.05, 0) is 37.3 Å².